The fourth-order valence-corrected chi connectivity index (χ4v) is 1.72. The largest absolute Gasteiger partial charge is 0.394 e. The Kier molecular flexibility index (Phi) is 4.28. The third kappa shape index (κ3) is 2.09. The minimum atomic E-state index is -1.14. The standard InChI is InChI=1S/C10H20O6/c1-9(13-3)10(2,14-4)16-8(6-12)7(5-11)15-9/h7-8,11-12H,5-6H2,1-4H3/t7?,8?,9-,10-/m0/s1. The molecule has 1 fully saturated rings. The van der Waals surface area contributed by atoms with Crippen molar-refractivity contribution in [3.8, 4) is 0 Å². The first-order valence-electron chi connectivity index (χ1n) is 5.14. The van der Waals surface area contributed by atoms with Gasteiger partial charge < -0.3 is 29.2 Å². The van der Waals surface area contributed by atoms with Crippen molar-refractivity contribution in [3.05, 3.63) is 0 Å². The lowest BCUT2D eigenvalue weighted by Crippen LogP contribution is -2.66. The molecule has 0 aromatic rings. The molecule has 6 heteroatoms. The SMILES string of the molecule is CO[C@@]1(C)OC(CO)C(CO)O[C@]1(C)OC. The highest BCUT2D eigenvalue weighted by Gasteiger charge is 2.56. The Morgan fingerprint density at radius 1 is 0.938 bits per heavy atom. The molecule has 1 rings (SSSR count). The van der Waals surface area contributed by atoms with Gasteiger partial charge in [-0.2, -0.15) is 0 Å². The van der Waals surface area contributed by atoms with Crippen molar-refractivity contribution in [2.24, 2.45) is 0 Å². The summed E-state index contributed by atoms with van der Waals surface area (Å²) in [7, 11) is 2.93. The van der Waals surface area contributed by atoms with E-state index in [4.69, 9.17) is 29.2 Å². The molecule has 1 aliphatic heterocycles. The first-order chi connectivity index (χ1) is 7.46. The summed E-state index contributed by atoms with van der Waals surface area (Å²) >= 11 is 0. The number of methoxy groups -OCH3 is 2. The van der Waals surface area contributed by atoms with Crippen molar-refractivity contribution in [3.63, 3.8) is 0 Å². The predicted octanol–water partition coefficient (Wildman–Crippen LogP) is -0.520. The van der Waals surface area contributed by atoms with Gasteiger partial charge >= 0.3 is 0 Å². The van der Waals surface area contributed by atoms with Crippen molar-refractivity contribution in [2.45, 2.75) is 37.6 Å². The van der Waals surface area contributed by atoms with Gasteiger partial charge in [0.25, 0.3) is 0 Å². The third-order valence-electron chi connectivity index (χ3n) is 3.13. The van der Waals surface area contributed by atoms with E-state index in [9.17, 15) is 0 Å². The van der Waals surface area contributed by atoms with Crippen LogP contribution in [0, 0.1) is 0 Å². The number of hydrogen-bond donors (Lipinski definition) is 2. The lowest BCUT2D eigenvalue weighted by molar-refractivity contribution is -0.451. The van der Waals surface area contributed by atoms with E-state index < -0.39 is 23.8 Å². The number of ether oxygens (including phenoxy) is 4. The molecule has 2 N–H and O–H groups in total. The minimum Gasteiger partial charge on any atom is -0.394 e. The van der Waals surface area contributed by atoms with Gasteiger partial charge in [-0.05, 0) is 13.8 Å². The molecule has 0 aliphatic carbocycles. The molecule has 6 nitrogen and oxygen atoms in total. The van der Waals surface area contributed by atoms with Gasteiger partial charge in [-0.15, -0.1) is 0 Å². The van der Waals surface area contributed by atoms with Crippen LogP contribution in [-0.2, 0) is 18.9 Å². The molecular formula is C10H20O6. The van der Waals surface area contributed by atoms with Crippen LogP contribution in [0.2, 0.25) is 0 Å². The molecule has 2 unspecified atom stereocenters. The van der Waals surface area contributed by atoms with Gasteiger partial charge in [0.05, 0.1) is 13.2 Å². The average molecular weight is 236 g/mol. The smallest absolute Gasteiger partial charge is 0.220 e. The average Bonchev–Trinajstić information content (AvgIpc) is 2.31. The highest BCUT2D eigenvalue weighted by Crippen LogP contribution is 2.38. The Hall–Kier alpha value is -0.240. The second-order valence-corrected chi connectivity index (χ2v) is 3.98. The first-order valence-corrected chi connectivity index (χ1v) is 5.14. The highest BCUT2D eigenvalue weighted by molar-refractivity contribution is 4.90. The monoisotopic (exact) mass is 236 g/mol. The summed E-state index contributed by atoms with van der Waals surface area (Å²) in [6.45, 7) is 2.80. The summed E-state index contributed by atoms with van der Waals surface area (Å²) < 4.78 is 21.7. The van der Waals surface area contributed by atoms with Crippen LogP contribution in [0.15, 0.2) is 0 Å². The maximum atomic E-state index is 9.15. The van der Waals surface area contributed by atoms with Gasteiger partial charge in [-0.1, -0.05) is 0 Å². The van der Waals surface area contributed by atoms with Crippen molar-refractivity contribution >= 4 is 0 Å². The molecule has 16 heavy (non-hydrogen) atoms. The summed E-state index contributed by atoms with van der Waals surface area (Å²) in [5, 5.41) is 18.3. The number of aliphatic hydroxyl groups is 2. The second kappa shape index (κ2) is 4.95. The number of rotatable bonds is 4. The molecule has 0 spiro atoms. The van der Waals surface area contributed by atoms with Gasteiger partial charge in [-0.25, -0.2) is 0 Å². The Morgan fingerprint density at radius 3 is 1.44 bits per heavy atom. The maximum absolute atomic E-state index is 9.15. The van der Waals surface area contributed by atoms with Crippen LogP contribution in [-0.4, -0.2) is 61.4 Å². The van der Waals surface area contributed by atoms with E-state index in [1.165, 1.54) is 14.2 Å². The van der Waals surface area contributed by atoms with E-state index in [2.05, 4.69) is 0 Å². The Morgan fingerprint density at radius 2 is 1.25 bits per heavy atom. The van der Waals surface area contributed by atoms with Crippen LogP contribution in [0.1, 0.15) is 13.8 Å². The van der Waals surface area contributed by atoms with Gasteiger partial charge in [0.2, 0.25) is 11.6 Å². The molecule has 0 bridgehead atoms. The summed E-state index contributed by atoms with van der Waals surface area (Å²) in [6, 6.07) is 0. The zero-order valence-corrected chi connectivity index (χ0v) is 10.1. The second-order valence-electron chi connectivity index (χ2n) is 3.98. The number of hydrogen-bond acceptors (Lipinski definition) is 6. The fraction of sp³-hybridized carbons (Fsp3) is 1.00. The fourth-order valence-electron chi connectivity index (χ4n) is 1.72. The number of aliphatic hydroxyl groups excluding tert-OH is 2. The zero-order chi connectivity index (χ0) is 12.4. The van der Waals surface area contributed by atoms with Crippen LogP contribution in [0.3, 0.4) is 0 Å². The molecule has 1 heterocycles. The van der Waals surface area contributed by atoms with Gasteiger partial charge in [0, 0.05) is 14.2 Å². The van der Waals surface area contributed by atoms with Gasteiger partial charge in [-0.3, -0.25) is 0 Å². The van der Waals surface area contributed by atoms with E-state index in [0.29, 0.717) is 0 Å². The van der Waals surface area contributed by atoms with E-state index in [0.717, 1.165) is 0 Å². The van der Waals surface area contributed by atoms with Gasteiger partial charge in [0.1, 0.15) is 12.2 Å². The Balaban J connectivity index is 2.94. The minimum absolute atomic E-state index is 0.260. The quantitative estimate of drug-likeness (QED) is 0.684. The van der Waals surface area contributed by atoms with Crippen molar-refractivity contribution < 1.29 is 29.2 Å². The normalized spacial score (nSPS) is 44.6. The molecule has 1 aliphatic rings. The van der Waals surface area contributed by atoms with Crippen LogP contribution >= 0.6 is 0 Å². The summed E-state index contributed by atoms with van der Waals surface area (Å²) in [6.07, 6.45) is -1.28. The molecule has 0 saturated carbocycles. The lowest BCUT2D eigenvalue weighted by atomic mass is 10.0. The molecule has 1 saturated heterocycles. The maximum Gasteiger partial charge on any atom is 0.220 e. The van der Waals surface area contributed by atoms with Crippen LogP contribution in [0.5, 0.6) is 0 Å². The predicted molar refractivity (Wildman–Crippen MR) is 54.7 cm³/mol. The topological polar surface area (TPSA) is 77.4 Å². The molecule has 0 aromatic heterocycles. The summed E-state index contributed by atoms with van der Waals surface area (Å²) in [5.41, 5.74) is 0. The van der Waals surface area contributed by atoms with Crippen molar-refractivity contribution in [1.29, 1.82) is 0 Å². The Labute approximate surface area is 95.1 Å². The van der Waals surface area contributed by atoms with E-state index in [1.807, 2.05) is 0 Å². The molecule has 0 amide bonds. The van der Waals surface area contributed by atoms with E-state index in [1.54, 1.807) is 13.8 Å². The highest BCUT2D eigenvalue weighted by atomic mass is 16.8. The summed E-state index contributed by atoms with van der Waals surface area (Å²) in [5.74, 6) is -2.28. The van der Waals surface area contributed by atoms with Crippen LogP contribution < -0.4 is 0 Å². The molecular weight excluding hydrogens is 216 g/mol. The third-order valence-corrected chi connectivity index (χ3v) is 3.13. The Bertz CT molecular complexity index is 211. The molecule has 0 aromatic carbocycles. The van der Waals surface area contributed by atoms with Crippen molar-refractivity contribution in [2.75, 3.05) is 27.4 Å². The van der Waals surface area contributed by atoms with E-state index in [-0.39, 0.29) is 13.2 Å². The van der Waals surface area contributed by atoms with Gasteiger partial charge in [0.15, 0.2) is 0 Å². The molecule has 96 valence electrons. The molecule has 4 atom stereocenters. The zero-order valence-electron chi connectivity index (χ0n) is 10.1. The van der Waals surface area contributed by atoms with Crippen LogP contribution in [0.25, 0.3) is 0 Å². The van der Waals surface area contributed by atoms with Crippen LogP contribution in [0.4, 0.5) is 0 Å². The van der Waals surface area contributed by atoms with Crippen molar-refractivity contribution in [1.82, 2.24) is 0 Å². The lowest BCUT2D eigenvalue weighted by Gasteiger charge is -2.51. The summed E-state index contributed by atoms with van der Waals surface area (Å²) in [4.78, 5) is 0. The van der Waals surface area contributed by atoms with E-state index >= 15 is 0 Å². The molecule has 0 radical (unpaired) electrons. The first kappa shape index (κ1) is 13.8.